The number of hydrogen-bond acceptors (Lipinski definition) is 4. The van der Waals surface area contributed by atoms with Gasteiger partial charge in [0.1, 0.15) is 5.69 Å². The number of aliphatic hydroxyl groups excluding tert-OH is 1. The van der Waals surface area contributed by atoms with Crippen LogP contribution in [0.5, 0.6) is 0 Å². The maximum atomic E-state index is 14.4. The van der Waals surface area contributed by atoms with E-state index in [1.165, 1.54) is 5.56 Å². The molecule has 0 radical (unpaired) electrons. The summed E-state index contributed by atoms with van der Waals surface area (Å²) < 4.78 is 8.71. The lowest BCUT2D eigenvalue weighted by Crippen LogP contribution is -2.47. The van der Waals surface area contributed by atoms with Gasteiger partial charge >= 0.3 is 0 Å². The van der Waals surface area contributed by atoms with E-state index in [2.05, 4.69) is 67.4 Å². The maximum Gasteiger partial charge on any atom is 0.271 e. The second-order valence-corrected chi connectivity index (χ2v) is 11.0. The molecule has 4 aromatic rings. The number of rotatable bonds is 6. The van der Waals surface area contributed by atoms with Crippen molar-refractivity contribution in [1.29, 1.82) is 0 Å². The van der Waals surface area contributed by atoms with Gasteiger partial charge in [-0.05, 0) is 36.7 Å². The Morgan fingerprint density at radius 3 is 2.49 bits per heavy atom. The Hall–Kier alpha value is -3.45. The number of nitrogens with zero attached hydrogens (tertiary/aromatic N) is 3. The second kappa shape index (κ2) is 11.7. The minimum absolute atomic E-state index is 0.0459. The molecular formula is C33H39N3O3. The zero-order valence-electron chi connectivity index (χ0n) is 23.4. The van der Waals surface area contributed by atoms with Gasteiger partial charge in [-0.2, -0.15) is 0 Å². The first kappa shape index (κ1) is 27.1. The third-order valence-electron chi connectivity index (χ3n) is 8.01. The number of carbonyl (C=O) groups excluding carboxylic acids is 1. The minimum atomic E-state index is -0.329. The van der Waals surface area contributed by atoms with Gasteiger partial charge in [0, 0.05) is 49.1 Å². The summed E-state index contributed by atoms with van der Waals surface area (Å²) in [5.41, 5.74) is 5.92. The van der Waals surface area contributed by atoms with E-state index in [9.17, 15) is 9.90 Å². The summed E-state index contributed by atoms with van der Waals surface area (Å²) in [6.07, 6.45) is -0.106. The Kier molecular flexibility index (Phi) is 8.17. The SMILES string of the molecule is C[C@H]1CN([C@@H](C)CO)C(=O)c2c(c3ccccc3n2C)-c2ccccc2CO[C@H]1CN(C)Cc1ccccc1. The fourth-order valence-electron chi connectivity index (χ4n) is 5.79. The number of aromatic nitrogens is 1. The smallest absolute Gasteiger partial charge is 0.271 e. The van der Waals surface area contributed by atoms with Crippen molar-refractivity contribution in [2.45, 2.75) is 39.1 Å². The Labute approximate surface area is 231 Å². The van der Waals surface area contributed by atoms with Gasteiger partial charge in [0.25, 0.3) is 5.91 Å². The lowest BCUT2D eigenvalue weighted by molar-refractivity contribution is -0.0242. The van der Waals surface area contributed by atoms with E-state index in [1.54, 1.807) is 0 Å². The summed E-state index contributed by atoms with van der Waals surface area (Å²) in [4.78, 5) is 18.5. The Balaban J connectivity index is 1.58. The molecule has 39 heavy (non-hydrogen) atoms. The average molecular weight is 526 g/mol. The number of fused-ring (bicyclic) bond motifs is 5. The van der Waals surface area contributed by atoms with Crippen LogP contribution >= 0.6 is 0 Å². The number of aryl methyl sites for hydroxylation is 1. The van der Waals surface area contributed by atoms with Gasteiger partial charge in [0.2, 0.25) is 0 Å². The fourth-order valence-corrected chi connectivity index (χ4v) is 5.79. The van der Waals surface area contributed by atoms with Crippen molar-refractivity contribution in [3.05, 3.63) is 95.7 Å². The van der Waals surface area contributed by atoms with Crippen LogP contribution in [0, 0.1) is 5.92 Å². The van der Waals surface area contributed by atoms with Crippen LogP contribution in [-0.2, 0) is 24.9 Å². The molecule has 6 heteroatoms. The second-order valence-electron chi connectivity index (χ2n) is 11.0. The molecule has 0 saturated heterocycles. The number of amides is 1. The van der Waals surface area contributed by atoms with Gasteiger partial charge in [-0.15, -0.1) is 0 Å². The summed E-state index contributed by atoms with van der Waals surface area (Å²) >= 11 is 0. The van der Waals surface area contributed by atoms with Crippen LogP contribution in [0.1, 0.15) is 35.5 Å². The van der Waals surface area contributed by atoms with E-state index in [4.69, 9.17) is 4.74 Å². The number of para-hydroxylation sites is 1. The lowest BCUT2D eigenvalue weighted by Gasteiger charge is -2.35. The highest BCUT2D eigenvalue weighted by molar-refractivity contribution is 6.10. The third kappa shape index (κ3) is 5.50. The van der Waals surface area contributed by atoms with Crippen molar-refractivity contribution in [3.63, 3.8) is 0 Å². The summed E-state index contributed by atoms with van der Waals surface area (Å²) in [5.74, 6) is -0.0187. The summed E-state index contributed by atoms with van der Waals surface area (Å²) in [5, 5.41) is 11.2. The Morgan fingerprint density at radius 1 is 1.03 bits per heavy atom. The van der Waals surface area contributed by atoms with E-state index in [0.29, 0.717) is 18.8 Å². The molecule has 1 amide bonds. The van der Waals surface area contributed by atoms with E-state index in [0.717, 1.165) is 40.7 Å². The molecule has 1 aliphatic rings. The Morgan fingerprint density at radius 2 is 1.72 bits per heavy atom. The fraction of sp³-hybridized carbons (Fsp3) is 0.364. The lowest BCUT2D eigenvalue weighted by atomic mass is 9.96. The zero-order chi connectivity index (χ0) is 27.5. The van der Waals surface area contributed by atoms with Crippen LogP contribution in [-0.4, -0.2) is 64.3 Å². The predicted octanol–water partition coefficient (Wildman–Crippen LogP) is 5.34. The maximum absolute atomic E-state index is 14.4. The number of ether oxygens (including phenoxy) is 1. The van der Waals surface area contributed by atoms with Crippen molar-refractivity contribution in [2.75, 3.05) is 26.7 Å². The highest BCUT2D eigenvalue weighted by Crippen LogP contribution is 2.38. The van der Waals surface area contributed by atoms with Crippen molar-refractivity contribution >= 4 is 16.8 Å². The number of hydrogen-bond donors (Lipinski definition) is 1. The molecule has 0 aliphatic carbocycles. The number of carbonyl (C=O) groups is 1. The molecule has 3 aromatic carbocycles. The monoisotopic (exact) mass is 525 g/mol. The van der Waals surface area contributed by atoms with Crippen LogP contribution in [0.25, 0.3) is 22.0 Å². The molecule has 0 saturated carbocycles. The molecule has 2 heterocycles. The first-order chi connectivity index (χ1) is 18.9. The first-order valence-electron chi connectivity index (χ1n) is 13.8. The molecular weight excluding hydrogens is 486 g/mol. The molecule has 3 atom stereocenters. The third-order valence-corrected chi connectivity index (χ3v) is 8.01. The number of aliphatic hydroxyl groups is 1. The normalized spacial score (nSPS) is 19.0. The van der Waals surface area contributed by atoms with E-state index in [1.807, 2.05) is 53.8 Å². The summed E-state index contributed by atoms with van der Waals surface area (Å²) in [6.45, 7) is 6.45. The Bertz CT molecular complexity index is 1430. The summed E-state index contributed by atoms with van der Waals surface area (Å²) in [7, 11) is 4.08. The molecule has 5 rings (SSSR count). The molecule has 0 fully saturated rings. The molecule has 0 unspecified atom stereocenters. The van der Waals surface area contributed by atoms with Crippen LogP contribution in [0.2, 0.25) is 0 Å². The molecule has 0 bridgehead atoms. The molecule has 1 aliphatic heterocycles. The van der Waals surface area contributed by atoms with E-state index in [-0.39, 0.29) is 30.6 Å². The molecule has 204 valence electrons. The zero-order valence-corrected chi connectivity index (χ0v) is 23.4. The quantitative estimate of drug-likeness (QED) is 0.370. The van der Waals surface area contributed by atoms with Gasteiger partial charge in [-0.1, -0.05) is 79.7 Å². The topological polar surface area (TPSA) is 57.9 Å². The highest BCUT2D eigenvalue weighted by atomic mass is 16.5. The van der Waals surface area contributed by atoms with Gasteiger partial charge in [0.05, 0.1) is 25.4 Å². The van der Waals surface area contributed by atoms with Gasteiger partial charge in [0.15, 0.2) is 0 Å². The van der Waals surface area contributed by atoms with Gasteiger partial charge in [-0.3, -0.25) is 9.69 Å². The largest absolute Gasteiger partial charge is 0.394 e. The van der Waals surface area contributed by atoms with Crippen LogP contribution in [0.3, 0.4) is 0 Å². The van der Waals surface area contributed by atoms with Crippen molar-refractivity contribution in [1.82, 2.24) is 14.4 Å². The van der Waals surface area contributed by atoms with Crippen molar-refractivity contribution < 1.29 is 14.6 Å². The van der Waals surface area contributed by atoms with Crippen molar-refractivity contribution in [2.24, 2.45) is 13.0 Å². The van der Waals surface area contributed by atoms with Crippen LogP contribution in [0.15, 0.2) is 78.9 Å². The molecule has 1 N–H and O–H groups in total. The molecule has 0 spiro atoms. The minimum Gasteiger partial charge on any atom is -0.394 e. The van der Waals surface area contributed by atoms with Crippen LogP contribution < -0.4 is 0 Å². The van der Waals surface area contributed by atoms with E-state index < -0.39 is 0 Å². The number of benzene rings is 3. The standard InChI is InChI=1S/C33H39N3O3/c1-23-18-36(24(2)21-37)33(38)32-31(28-16-10-11-17-29(28)35(32)4)27-15-9-8-14-26(27)22-39-30(23)20-34(3)19-25-12-6-5-7-13-25/h5-17,23-24,30,37H,18-22H2,1-4H3/t23-,24-,30-/m0/s1. The molecule has 6 nitrogen and oxygen atoms in total. The van der Waals surface area contributed by atoms with Crippen LogP contribution in [0.4, 0.5) is 0 Å². The van der Waals surface area contributed by atoms with Crippen molar-refractivity contribution in [3.8, 4) is 11.1 Å². The van der Waals surface area contributed by atoms with Gasteiger partial charge in [-0.25, -0.2) is 0 Å². The first-order valence-corrected chi connectivity index (χ1v) is 13.8. The van der Waals surface area contributed by atoms with E-state index >= 15 is 0 Å². The number of likely N-dealkylation sites (N-methyl/N-ethyl adjacent to an activating group) is 1. The molecule has 1 aromatic heterocycles. The summed E-state index contributed by atoms with van der Waals surface area (Å²) in [6, 6.07) is 26.5. The highest BCUT2D eigenvalue weighted by Gasteiger charge is 2.33. The predicted molar refractivity (Wildman–Crippen MR) is 156 cm³/mol. The van der Waals surface area contributed by atoms with Gasteiger partial charge < -0.3 is 19.3 Å². The average Bonchev–Trinajstić information content (AvgIpc) is 3.24.